The summed E-state index contributed by atoms with van der Waals surface area (Å²) in [4.78, 5) is 0. The zero-order chi connectivity index (χ0) is 9.42. The van der Waals surface area contributed by atoms with E-state index in [-0.39, 0.29) is 0 Å². The number of rotatable bonds is 1. The van der Waals surface area contributed by atoms with Crippen molar-refractivity contribution in [2.24, 2.45) is 5.92 Å². The van der Waals surface area contributed by atoms with Crippen LogP contribution in [-0.4, -0.2) is 10.2 Å². The van der Waals surface area contributed by atoms with E-state index in [9.17, 15) is 0 Å². The van der Waals surface area contributed by atoms with Crippen LogP contribution in [0.15, 0.2) is 29.8 Å². The molecule has 2 rings (SSSR count). The molecule has 0 heterocycles. The van der Waals surface area contributed by atoms with E-state index in [4.69, 9.17) is 0 Å². The maximum atomic E-state index is 3.79. The normalized spacial score (nSPS) is 20.3. The van der Waals surface area contributed by atoms with Crippen LogP contribution in [0.2, 0.25) is 0 Å². The molecule has 0 fully saturated rings. The van der Waals surface area contributed by atoms with Gasteiger partial charge in [-0.15, -0.1) is 0 Å². The molecule has 0 saturated heterocycles. The molecule has 1 aliphatic carbocycles. The summed E-state index contributed by atoms with van der Waals surface area (Å²) in [5, 5.41) is 0. The Morgan fingerprint density at radius 2 is 1.92 bits per heavy atom. The molecule has 3 radical (unpaired) electrons. The van der Waals surface area contributed by atoms with E-state index in [0.29, 0.717) is 11.5 Å². The van der Waals surface area contributed by atoms with Crippen molar-refractivity contribution in [3.63, 3.8) is 0 Å². The molecule has 1 unspecified atom stereocenters. The van der Waals surface area contributed by atoms with Gasteiger partial charge in [-0.05, 0) is 22.6 Å². The second-order valence-corrected chi connectivity index (χ2v) is 4.44. The Hall–Kier alpha value is -0.823. The first-order chi connectivity index (χ1) is 6.20. The third-order valence-corrected chi connectivity index (χ3v) is 3.27. The van der Waals surface area contributed by atoms with E-state index < -0.39 is 0 Å². The van der Waals surface area contributed by atoms with Gasteiger partial charge in [-0.2, -0.15) is 0 Å². The fourth-order valence-electron chi connectivity index (χ4n) is 1.85. The molecule has 0 aliphatic heterocycles. The predicted octanol–water partition coefficient (Wildman–Crippen LogP) is 2.95. The molecular weight excluding hydrogens is 172 g/mol. The minimum absolute atomic E-state index is 0.427. The molecule has 1 aromatic carbocycles. The lowest BCUT2D eigenvalue weighted by Crippen LogP contribution is -2.03. The van der Waals surface area contributed by atoms with Crippen LogP contribution in [0.4, 0.5) is 0 Å². The van der Waals surface area contributed by atoms with Gasteiger partial charge in [0.1, 0.15) is 0 Å². The monoisotopic (exact) mass is 185 g/mol. The van der Waals surface area contributed by atoms with Crippen LogP contribution in [0.5, 0.6) is 0 Å². The fraction of sp³-hybridized carbons (Fsp3) is 0.333. The SMILES string of the molecule is CC(C)C1=Cc2ccccc2C1[Si]. The van der Waals surface area contributed by atoms with E-state index in [0.717, 1.165) is 0 Å². The van der Waals surface area contributed by atoms with Crippen molar-refractivity contribution in [3.05, 3.63) is 41.0 Å². The van der Waals surface area contributed by atoms with Crippen LogP contribution < -0.4 is 0 Å². The summed E-state index contributed by atoms with van der Waals surface area (Å²) in [7, 11) is 3.79. The average molecular weight is 185 g/mol. The largest absolute Gasteiger partial charge is 0.0631 e. The molecule has 0 saturated carbocycles. The van der Waals surface area contributed by atoms with Gasteiger partial charge in [0.05, 0.1) is 0 Å². The Labute approximate surface area is 83.1 Å². The number of hydrogen-bond acceptors (Lipinski definition) is 0. The van der Waals surface area contributed by atoms with Crippen molar-refractivity contribution in [2.75, 3.05) is 0 Å². The van der Waals surface area contributed by atoms with Crippen LogP contribution in [-0.2, 0) is 0 Å². The van der Waals surface area contributed by atoms with Crippen molar-refractivity contribution in [1.29, 1.82) is 0 Å². The molecule has 65 valence electrons. The lowest BCUT2D eigenvalue weighted by atomic mass is 10.0. The number of allylic oxidation sites excluding steroid dienone is 1. The summed E-state index contributed by atoms with van der Waals surface area (Å²) in [6.45, 7) is 4.48. The molecule has 0 N–H and O–H groups in total. The first-order valence-corrected chi connectivity index (χ1v) is 5.29. The summed E-state index contributed by atoms with van der Waals surface area (Å²) in [6, 6.07) is 8.57. The summed E-state index contributed by atoms with van der Waals surface area (Å²) in [5.74, 6) is 0.620. The number of fused-ring (bicyclic) bond motifs is 1. The van der Waals surface area contributed by atoms with Gasteiger partial charge in [0.15, 0.2) is 0 Å². The smallest absolute Gasteiger partial charge is 0.0392 e. The van der Waals surface area contributed by atoms with E-state index >= 15 is 0 Å². The minimum atomic E-state index is 0.427. The Morgan fingerprint density at radius 3 is 2.54 bits per heavy atom. The topological polar surface area (TPSA) is 0 Å². The number of benzene rings is 1. The maximum absolute atomic E-state index is 3.79. The van der Waals surface area contributed by atoms with E-state index in [1.807, 2.05) is 0 Å². The van der Waals surface area contributed by atoms with Gasteiger partial charge in [-0.25, -0.2) is 0 Å². The Bertz CT molecular complexity index is 350. The molecule has 0 amide bonds. The highest BCUT2D eigenvalue weighted by Crippen LogP contribution is 2.37. The van der Waals surface area contributed by atoms with Gasteiger partial charge in [0, 0.05) is 10.2 Å². The lowest BCUT2D eigenvalue weighted by Gasteiger charge is -2.13. The van der Waals surface area contributed by atoms with Crippen molar-refractivity contribution >= 4 is 16.3 Å². The second-order valence-electron chi connectivity index (χ2n) is 3.86. The summed E-state index contributed by atoms with van der Waals surface area (Å²) >= 11 is 0. The molecule has 1 atom stereocenters. The Balaban J connectivity index is 2.44. The second kappa shape index (κ2) is 3.15. The number of hydrogen-bond donors (Lipinski definition) is 0. The Morgan fingerprint density at radius 1 is 1.23 bits per heavy atom. The van der Waals surface area contributed by atoms with Gasteiger partial charge in [0.2, 0.25) is 0 Å². The highest BCUT2D eigenvalue weighted by molar-refractivity contribution is 6.16. The van der Waals surface area contributed by atoms with E-state index in [1.165, 1.54) is 16.7 Å². The van der Waals surface area contributed by atoms with Gasteiger partial charge in [-0.1, -0.05) is 49.8 Å². The standard InChI is InChI=1S/C12H13Si/c1-8(2)11-7-9-5-3-4-6-10(9)12(11)13/h3-8,12H,1-2H3. The van der Waals surface area contributed by atoms with Crippen LogP contribution in [0.25, 0.3) is 6.08 Å². The first kappa shape index (κ1) is 8.76. The van der Waals surface area contributed by atoms with Crippen molar-refractivity contribution in [3.8, 4) is 0 Å². The zero-order valence-electron chi connectivity index (χ0n) is 8.04. The highest BCUT2D eigenvalue weighted by atomic mass is 28.1. The van der Waals surface area contributed by atoms with Crippen LogP contribution in [0, 0.1) is 5.92 Å². The van der Waals surface area contributed by atoms with E-state index in [2.05, 4.69) is 54.4 Å². The maximum Gasteiger partial charge on any atom is 0.0392 e. The lowest BCUT2D eigenvalue weighted by molar-refractivity contribution is 0.746. The molecule has 1 aliphatic rings. The fourth-order valence-corrected chi connectivity index (χ4v) is 2.53. The average Bonchev–Trinajstić information content (AvgIpc) is 2.45. The van der Waals surface area contributed by atoms with Gasteiger partial charge in [-0.3, -0.25) is 0 Å². The molecule has 1 heteroatoms. The summed E-state index contributed by atoms with van der Waals surface area (Å²) in [6.07, 6.45) is 2.30. The highest BCUT2D eigenvalue weighted by Gasteiger charge is 2.22. The first-order valence-electron chi connectivity index (χ1n) is 4.71. The third kappa shape index (κ3) is 1.37. The van der Waals surface area contributed by atoms with Gasteiger partial charge >= 0.3 is 0 Å². The molecule has 1 aromatic rings. The van der Waals surface area contributed by atoms with Crippen LogP contribution in [0.3, 0.4) is 0 Å². The quantitative estimate of drug-likeness (QED) is 0.590. The van der Waals surface area contributed by atoms with Crippen LogP contribution >= 0.6 is 0 Å². The molecule has 0 aromatic heterocycles. The van der Waals surface area contributed by atoms with Gasteiger partial charge < -0.3 is 0 Å². The Kier molecular flexibility index (Phi) is 2.12. The molecule has 0 spiro atoms. The van der Waals surface area contributed by atoms with E-state index in [1.54, 1.807) is 0 Å². The van der Waals surface area contributed by atoms with Crippen molar-refractivity contribution in [2.45, 2.75) is 19.4 Å². The zero-order valence-corrected chi connectivity index (χ0v) is 9.04. The van der Waals surface area contributed by atoms with Crippen LogP contribution in [0.1, 0.15) is 30.5 Å². The van der Waals surface area contributed by atoms with Gasteiger partial charge in [0.25, 0.3) is 0 Å². The molecule has 13 heavy (non-hydrogen) atoms. The molecular formula is C12H13Si. The third-order valence-electron chi connectivity index (χ3n) is 2.63. The van der Waals surface area contributed by atoms with Crippen molar-refractivity contribution in [1.82, 2.24) is 0 Å². The minimum Gasteiger partial charge on any atom is -0.0631 e. The molecule has 0 bridgehead atoms. The summed E-state index contributed by atoms with van der Waals surface area (Å²) in [5.41, 5.74) is 4.68. The predicted molar refractivity (Wildman–Crippen MR) is 57.8 cm³/mol. The van der Waals surface area contributed by atoms with Crippen molar-refractivity contribution < 1.29 is 0 Å². The summed E-state index contributed by atoms with van der Waals surface area (Å²) < 4.78 is 0. The molecule has 0 nitrogen and oxygen atoms in total.